The summed E-state index contributed by atoms with van der Waals surface area (Å²) in [5.41, 5.74) is 3.81. The summed E-state index contributed by atoms with van der Waals surface area (Å²) in [6.07, 6.45) is 0.0482. The molecule has 8 bridgehead atoms. The lowest BCUT2D eigenvalue weighted by Crippen LogP contribution is -2.70. The van der Waals surface area contributed by atoms with E-state index in [9.17, 15) is 22.8 Å². The third-order valence-corrected chi connectivity index (χ3v) is 14.6. The van der Waals surface area contributed by atoms with Gasteiger partial charge >= 0.3 is 12.1 Å². The lowest BCUT2D eigenvalue weighted by atomic mass is 9.69. The maximum Gasteiger partial charge on any atom is 0.406 e. The molecule has 0 unspecified atom stereocenters. The zero-order valence-electron chi connectivity index (χ0n) is 37.5. The summed E-state index contributed by atoms with van der Waals surface area (Å²) in [5, 5.41) is 5.06. The van der Waals surface area contributed by atoms with Crippen molar-refractivity contribution in [2.75, 3.05) is 46.6 Å². The molecule has 9 heterocycles. The summed E-state index contributed by atoms with van der Waals surface area (Å²) in [4.78, 5) is 55.3. The number of nitrogens with zero attached hydrogens (tertiary/aromatic N) is 5. The minimum absolute atomic E-state index is 0.0787. The standard InChI is InChI=1S/C47H56F3N7O8/c1-26(61-6)35-29(9-7-13-51-35)37-31-18-43(2,3)23-64-41(59)32-10-8-14-57(54-32)40(58)36(53-42(60)46-16-28(17-46)44(4,5)65-46)38(55-20-45(21-55)24-62-25-45)39-52-33(19-63-39)27-11-12-34(30(31)15-27)56(37)22-47(48,49)50/h7,9,11-13,15,19,26,28,32,36,38,54H,8,10,14,16-18,20-25H2,1-6H3,(H,53,60)/t26-,28?,32-,36-,38-,46?/m0/s1. The van der Waals surface area contributed by atoms with E-state index >= 15 is 4.79 Å². The predicted molar refractivity (Wildman–Crippen MR) is 229 cm³/mol. The molecule has 1 aromatic carbocycles. The van der Waals surface area contributed by atoms with Gasteiger partial charge in [0.2, 0.25) is 5.89 Å². The molecule has 6 aliphatic heterocycles. The van der Waals surface area contributed by atoms with E-state index in [0.29, 0.717) is 96.7 Å². The predicted octanol–water partition coefficient (Wildman–Crippen LogP) is 6.06. The molecule has 18 heteroatoms. The molecule has 15 nitrogen and oxygen atoms in total. The van der Waals surface area contributed by atoms with E-state index in [1.54, 1.807) is 37.4 Å². The number of nitrogens with one attached hydrogen (secondary N) is 2. The maximum absolute atomic E-state index is 15.1. The number of cyclic esters (lactones) is 1. The Balaban J connectivity index is 1.14. The van der Waals surface area contributed by atoms with Gasteiger partial charge < -0.3 is 33.2 Å². The van der Waals surface area contributed by atoms with Crippen molar-refractivity contribution in [3.63, 3.8) is 0 Å². The molecule has 6 fully saturated rings. The van der Waals surface area contributed by atoms with E-state index < -0.39 is 71.4 Å². The fourth-order valence-corrected chi connectivity index (χ4v) is 11.0. The van der Waals surface area contributed by atoms with Crippen LogP contribution in [0.4, 0.5) is 13.2 Å². The molecule has 5 saturated heterocycles. The normalized spacial score (nSPS) is 28.8. The van der Waals surface area contributed by atoms with Crippen LogP contribution in [0.5, 0.6) is 0 Å². The number of aromatic nitrogens is 3. The maximum atomic E-state index is 15.1. The SMILES string of the molecule is CO[C@@H](C)c1ncccc1-c1c2c3cc(ccc3n1CC(F)(F)F)-c1coc(n1)[C@@H](N1CC3(COC3)C1)[C@H](NC(=O)C13CC(C1)C(C)(C)O3)C(=O)N1CCC[C@H](N1)C(=O)OCC(C)(C)C2. The highest BCUT2D eigenvalue weighted by Crippen LogP contribution is 2.58. The third-order valence-electron chi connectivity index (χ3n) is 14.6. The van der Waals surface area contributed by atoms with Gasteiger partial charge in [0.25, 0.3) is 11.8 Å². The minimum Gasteiger partial charge on any atom is -0.464 e. The average molecular weight is 904 g/mol. The number of amides is 2. The molecule has 1 aliphatic carbocycles. The van der Waals surface area contributed by atoms with Crippen LogP contribution in [0.15, 0.2) is 47.2 Å². The van der Waals surface area contributed by atoms with Crippen molar-refractivity contribution in [2.45, 2.75) is 115 Å². The Morgan fingerprint density at radius 2 is 1.86 bits per heavy atom. The highest BCUT2D eigenvalue weighted by Gasteiger charge is 2.66. The molecule has 7 aliphatic rings. The summed E-state index contributed by atoms with van der Waals surface area (Å²) >= 11 is 0. The number of hydrogen-bond donors (Lipinski definition) is 2. The molecule has 2 amide bonds. The van der Waals surface area contributed by atoms with E-state index in [1.807, 2.05) is 33.8 Å². The van der Waals surface area contributed by atoms with Gasteiger partial charge in [-0.1, -0.05) is 19.9 Å². The second kappa shape index (κ2) is 15.6. The van der Waals surface area contributed by atoms with Crippen molar-refractivity contribution < 1.29 is 50.9 Å². The summed E-state index contributed by atoms with van der Waals surface area (Å²) in [6.45, 7) is 10.7. The molecule has 65 heavy (non-hydrogen) atoms. The Labute approximate surface area is 374 Å². The topological polar surface area (TPSA) is 163 Å². The fourth-order valence-electron chi connectivity index (χ4n) is 11.0. The summed E-state index contributed by atoms with van der Waals surface area (Å²) < 4.78 is 75.5. The first-order chi connectivity index (χ1) is 30.8. The van der Waals surface area contributed by atoms with Crippen LogP contribution < -0.4 is 10.7 Å². The number of oxazole rings is 1. The highest BCUT2D eigenvalue weighted by molar-refractivity contribution is 5.96. The number of likely N-dealkylation sites (tertiary alicyclic amines) is 1. The number of ether oxygens (including phenoxy) is 4. The number of carbonyl (C=O) groups is 3. The van der Waals surface area contributed by atoms with Crippen LogP contribution in [0.3, 0.4) is 0 Å². The average Bonchev–Trinajstić information content (AvgIpc) is 3.96. The van der Waals surface area contributed by atoms with E-state index in [2.05, 4.69) is 20.6 Å². The lowest BCUT2D eigenvalue weighted by Gasteiger charge is -2.57. The van der Waals surface area contributed by atoms with Crippen LogP contribution in [-0.2, 0) is 46.3 Å². The first kappa shape index (κ1) is 44.0. The van der Waals surface area contributed by atoms with Crippen molar-refractivity contribution in [3.05, 3.63) is 59.9 Å². The summed E-state index contributed by atoms with van der Waals surface area (Å²) in [7, 11) is 1.52. The lowest BCUT2D eigenvalue weighted by molar-refractivity contribution is -0.205. The van der Waals surface area contributed by atoms with Gasteiger partial charge in [-0.25, -0.2) is 10.4 Å². The van der Waals surface area contributed by atoms with E-state index in [-0.39, 0.29) is 36.8 Å². The summed E-state index contributed by atoms with van der Waals surface area (Å²) in [5.74, 6) is -1.08. The number of pyridine rings is 1. The van der Waals surface area contributed by atoms with Gasteiger partial charge in [0.15, 0.2) is 0 Å². The zero-order chi connectivity index (χ0) is 45.8. The molecule has 3 aromatic heterocycles. The van der Waals surface area contributed by atoms with Crippen LogP contribution >= 0.6 is 0 Å². The Hall–Kier alpha value is -4.88. The molecule has 11 rings (SSSR count). The highest BCUT2D eigenvalue weighted by atomic mass is 19.4. The van der Waals surface area contributed by atoms with Gasteiger partial charge in [-0.15, -0.1) is 0 Å². The molecule has 4 aromatic rings. The van der Waals surface area contributed by atoms with Crippen LogP contribution in [0.2, 0.25) is 0 Å². The number of hydrogen-bond acceptors (Lipinski definition) is 12. The Morgan fingerprint density at radius 3 is 2.54 bits per heavy atom. The molecule has 1 saturated carbocycles. The molecule has 2 N–H and O–H groups in total. The van der Waals surface area contributed by atoms with E-state index in [1.165, 1.54) is 22.9 Å². The minimum atomic E-state index is -4.59. The van der Waals surface area contributed by atoms with Crippen LogP contribution in [0.25, 0.3) is 33.4 Å². The van der Waals surface area contributed by atoms with Crippen molar-refractivity contribution in [1.82, 2.24) is 35.2 Å². The number of alkyl halides is 3. The number of esters is 1. The van der Waals surface area contributed by atoms with Gasteiger partial charge in [0.05, 0.1) is 42.9 Å². The molecular weight excluding hydrogens is 848 g/mol. The number of benzene rings is 1. The molecular formula is C47H56F3N7O8. The van der Waals surface area contributed by atoms with Crippen LogP contribution in [0, 0.1) is 16.7 Å². The smallest absolute Gasteiger partial charge is 0.406 e. The number of methoxy groups -OCH3 is 1. The second-order valence-electron chi connectivity index (χ2n) is 20.5. The zero-order valence-corrected chi connectivity index (χ0v) is 37.5. The van der Waals surface area contributed by atoms with Gasteiger partial charge in [-0.05, 0) is 88.6 Å². The number of fused-ring (bicyclic) bond motifs is 7. The second-order valence-corrected chi connectivity index (χ2v) is 20.5. The van der Waals surface area contributed by atoms with Gasteiger partial charge in [-0.3, -0.25) is 29.3 Å². The van der Waals surface area contributed by atoms with Gasteiger partial charge in [-0.2, -0.15) is 13.2 Å². The first-order valence-electron chi connectivity index (χ1n) is 22.5. The van der Waals surface area contributed by atoms with E-state index in [4.69, 9.17) is 28.3 Å². The largest absolute Gasteiger partial charge is 0.464 e. The molecule has 4 atom stereocenters. The quantitative estimate of drug-likeness (QED) is 0.207. The Kier molecular flexibility index (Phi) is 10.6. The van der Waals surface area contributed by atoms with Gasteiger partial charge in [0, 0.05) is 65.8 Å². The molecule has 0 radical (unpaired) electrons. The third kappa shape index (κ3) is 7.72. The number of hydrazine groups is 1. The summed E-state index contributed by atoms with van der Waals surface area (Å²) in [6, 6.07) is 5.62. The van der Waals surface area contributed by atoms with Crippen molar-refractivity contribution in [3.8, 4) is 22.5 Å². The van der Waals surface area contributed by atoms with E-state index in [0.717, 1.165) is 0 Å². The Morgan fingerprint density at radius 1 is 1.09 bits per heavy atom. The first-order valence-corrected chi connectivity index (χ1v) is 22.5. The fraction of sp³-hybridized carbons (Fsp3) is 0.596. The van der Waals surface area contributed by atoms with Crippen LogP contribution in [0.1, 0.15) is 89.6 Å². The number of carbonyl (C=O) groups excluding carboxylic acids is 3. The monoisotopic (exact) mass is 903 g/mol. The van der Waals surface area contributed by atoms with Crippen LogP contribution in [-0.4, -0.2) is 118 Å². The number of rotatable bonds is 7. The van der Waals surface area contributed by atoms with Crippen molar-refractivity contribution in [1.29, 1.82) is 0 Å². The van der Waals surface area contributed by atoms with Gasteiger partial charge in [0.1, 0.15) is 42.2 Å². The van der Waals surface area contributed by atoms with Crippen molar-refractivity contribution >= 4 is 28.7 Å². The molecule has 348 valence electrons. The Bertz CT molecular complexity index is 2530. The van der Waals surface area contributed by atoms with Crippen molar-refractivity contribution in [2.24, 2.45) is 16.7 Å². The molecule has 1 spiro atoms. The number of halogens is 3.